The Morgan fingerprint density at radius 3 is 2.79 bits per heavy atom. The van der Waals surface area contributed by atoms with Gasteiger partial charge in [0, 0.05) is 24.3 Å². The van der Waals surface area contributed by atoms with E-state index in [1.807, 2.05) is 38.4 Å². The Hall–Kier alpha value is -1.76. The summed E-state index contributed by atoms with van der Waals surface area (Å²) in [6.45, 7) is 0.631. The molecule has 126 valence electrons. The number of aromatic nitrogens is 1. The number of nitrogens with zero attached hydrogens (tertiary/aromatic N) is 2. The Kier molecular flexibility index (Phi) is 5.60. The molecule has 0 radical (unpaired) electrons. The zero-order valence-corrected chi connectivity index (χ0v) is 15.5. The summed E-state index contributed by atoms with van der Waals surface area (Å²) in [6.07, 6.45) is 1.17. The number of thiazole rings is 1. The number of amides is 1. The smallest absolute Gasteiger partial charge is 0.220 e. The van der Waals surface area contributed by atoms with E-state index in [0.29, 0.717) is 19.4 Å². The third kappa shape index (κ3) is 4.20. The van der Waals surface area contributed by atoms with E-state index in [-0.39, 0.29) is 11.9 Å². The Labute approximate surface area is 150 Å². The van der Waals surface area contributed by atoms with Gasteiger partial charge in [-0.05, 0) is 37.7 Å². The molecule has 1 atom stereocenters. The van der Waals surface area contributed by atoms with Gasteiger partial charge >= 0.3 is 0 Å². The van der Waals surface area contributed by atoms with Crippen LogP contribution in [-0.4, -0.2) is 36.4 Å². The summed E-state index contributed by atoms with van der Waals surface area (Å²) in [5, 5.41) is 6.15. The van der Waals surface area contributed by atoms with Crippen molar-refractivity contribution in [2.45, 2.75) is 18.9 Å². The number of para-hydroxylation sites is 1. The van der Waals surface area contributed by atoms with Crippen molar-refractivity contribution < 1.29 is 4.79 Å². The van der Waals surface area contributed by atoms with Crippen LogP contribution >= 0.6 is 22.7 Å². The van der Waals surface area contributed by atoms with E-state index in [0.717, 1.165) is 10.5 Å². The van der Waals surface area contributed by atoms with Crippen LogP contribution in [0, 0.1) is 0 Å². The van der Waals surface area contributed by atoms with Gasteiger partial charge in [-0.3, -0.25) is 4.79 Å². The third-order valence-electron chi connectivity index (χ3n) is 3.89. The number of fused-ring (bicyclic) bond motifs is 1. The summed E-state index contributed by atoms with van der Waals surface area (Å²) in [7, 11) is 4.08. The van der Waals surface area contributed by atoms with Gasteiger partial charge in [0.25, 0.3) is 0 Å². The molecule has 0 fully saturated rings. The molecular weight excluding hydrogens is 338 g/mol. The minimum atomic E-state index is 0.0812. The summed E-state index contributed by atoms with van der Waals surface area (Å²) < 4.78 is 1.18. The van der Waals surface area contributed by atoms with Crippen molar-refractivity contribution in [1.82, 2.24) is 15.2 Å². The molecule has 0 saturated carbocycles. The molecule has 1 N–H and O–H groups in total. The first-order chi connectivity index (χ1) is 11.6. The first-order valence-corrected chi connectivity index (χ1v) is 9.64. The lowest BCUT2D eigenvalue weighted by Crippen LogP contribution is -2.34. The van der Waals surface area contributed by atoms with Crippen LogP contribution in [0.3, 0.4) is 0 Å². The normalized spacial score (nSPS) is 12.6. The molecule has 0 unspecified atom stereocenters. The van der Waals surface area contributed by atoms with Crippen LogP contribution < -0.4 is 5.32 Å². The van der Waals surface area contributed by atoms with Crippen molar-refractivity contribution in [3.63, 3.8) is 0 Å². The molecule has 24 heavy (non-hydrogen) atoms. The number of thiophene rings is 1. The number of carbonyl (C=O) groups is 1. The number of hydrogen-bond donors (Lipinski definition) is 1. The Balaban J connectivity index is 1.51. The van der Waals surface area contributed by atoms with Crippen molar-refractivity contribution in [2.24, 2.45) is 0 Å². The van der Waals surface area contributed by atoms with Gasteiger partial charge in [-0.2, -0.15) is 0 Å². The number of rotatable bonds is 7. The molecule has 2 aromatic heterocycles. The van der Waals surface area contributed by atoms with Crippen LogP contribution in [-0.2, 0) is 11.2 Å². The van der Waals surface area contributed by atoms with E-state index in [4.69, 9.17) is 0 Å². The summed E-state index contributed by atoms with van der Waals surface area (Å²) in [5.41, 5.74) is 1.02. The number of aryl methyl sites for hydroxylation is 1. The number of benzene rings is 1. The number of carbonyl (C=O) groups excluding carboxylic acids is 1. The van der Waals surface area contributed by atoms with Crippen LogP contribution in [0.5, 0.6) is 0 Å². The SMILES string of the molecule is CN(C)[C@@H](CNC(=O)CCc1nc2ccccc2s1)c1cccs1. The molecule has 0 aliphatic heterocycles. The second kappa shape index (κ2) is 7.88. The van der Waals surface area contributed by atoms with E-state index in [1.54, 1.807) is 22.7 Å². The lowest BCUT2D eigenvalue weighted by molar-refractivity contribution is -0.121. The molecule has 0 aliphatic carbocycles. The van der Waals surface area contributed by atoms with Gasteiger partial charge < -0.3 is 10.2 Å². The van der Waals surface area contributed by atoms with Crippen LogP contribution in [0.25, 0.3) is 10.2 Å². The molecule has 3 rings (SSSR count). The van der Waals surface area contributed by atoms with Gasteiger partial charge in [0.15, 0.2) is 0 Å². The minimum Gasteiger partial charge on any atom is -0.354 e. The van der Waals surface area contributed by atoms with E-state index >= 15 is 0 Å². The topological polar surface area (TPSA) is 45.2 Å². The van der Waals surface area contributed by atoms with Crippen molar-refractivity contribution in [3.8, 4) is 0 Å². The fourth-order valence-electron chi connectivity index (χ4n) is 2.56. The fraction of sp³-hybridized carbons (Fsp3) is 0.333. The predicted molar refractivity (Wildman–Crippen MR) is 102 cm³/mol. The first kappa shape index (κ1) is 17.1. The van der Waals surface area contributed by atoms with Gasteiger partial charge in [0.05, 0.1) is 21.3 Å². The highest BCUT2D eigenvalue weighted by Gasteiger charge is 2.16. The lowest BCUT2D eigenvalue weighted by atomic mass is 10.2. The molecule has 1 aromatic carbocycles. The highest BCUT2D eigenvalue weighted by molar-refractivity contribution is 7.18. The Morgan fingerprint density at radius 2 is 2.08 bits per heavy atom. The maximum absolute atomic E-state index is 12.2. The van der Waals surface area contributed by atoms with Crippen LogP contribution in [0.2, 0.25) is 0 Å². The van der Waals surface area contributed by atoms with E-state index in [2.05, 4.69) is 32.7 Å². The number of hydrogen-bond acceptors (Lipinski definition) is 5. The van der Waals surface area contributed by atoms with E-state index < -0.39 is 0 Å². The highest BCUT2D eigenvalue weighted by atomic mass is 32.1. The largest absolute Gasteiger partial charge is 0.354 e. The van der Waals surface area contributed by atoms with Gasteiger partial charge in [-0.1, -0.05) is 18.2 Å². The van der Waals surface area contributed by atoms with Crippen LogP contribution in [0.4, 0.5) is 0 Å². The van der Waals surface area contributed by atoms with Crippen LogP contribution in [0.1, 0.15) is 22.3 Å². The Bertz CT molecular complexity index is 763. The standard InChI is InChI=1S/C18H21N3OS2/c1-21(2)14(16-8-5-11-23-16)12-19-17(22)9-10-18-20-13-6-3-4-7-15(13)24-18/h3-8,11,14H,9-10,12H2,1-2H3,(H,19,22)/t14-/m0/s1. The summed E-state index contributed by atoms with van der Waals surface area (Å²) in [4.78, 5) is 20.2. The molecule has 4 nitrogen and oxygen atoms in total. The molecule has 0 bridgehead atoms. The van der Waals surface area contributed by atoms with Crippen molar-refractivity contribution in [2.75, 3.05) is 20.6 Å². The second-order valence-electron chi connectivity index (χ2n) is 5.87. The maximum atomic E-state index is 12.2. The highest BCUT2D eigenvalue weighted by Crippen LogP contribution is 2.23. The maximum Gasteiger partial charge on any atom is 0.220 e. The number of nitrogens with one attached hydrogen (secondary N) is 1. The van der Waals surface area contributed by atoms with Gasteiger partial charge in [-0.25, -0.2) is 4.98 Å². The molecular formula is C18H21N3OS2. The third-order valence-corrected chi connectivity index (χ3v) is 5.96. The quantitative estimate of drug-likeness (QED) is 0.699. The molecule has 6 heteroatoms. The van der Waals surface area contributed by atoms with Gasteiger partial charge in [0.1, 0.15) is 0 Å². The van der Waals surface area contributed by atoms with Gasteiger partial charge in [0.2, 0.25) is 5.91 Å². The monoisotopic (exact) mass is 359 g/mol. The average Bonchev–Trinajstić information content (AvgIpc) is 3.22. The lowest BCUT2D eigenvalue weighted by Gasteiger charge is -2.23. The summed E-state index contributed by atoms with van der Waals surface area (Å²) >= 11 is 3.39. The predicted octanol–water partition coefficient (Wildman–Crippen LogP) is 3.71. The molecule has 0 spiro atoms. The average molecular weight is 360 g/mol. The zero-order valence-electron chi connectivity index (χ0n) is 13.9. The fourth-order valence-corrected chi connectivity index (χ4v) is 4.45. The summed E-state index contributed by atoms with van der Waals surface area (Å²) in [5.74, 6) is 0.0812. The summed E-state index contributed by atoms with van der Waals surface area (Å²) in [6, 6.07) is 12.5. The Morgan fingerprint density at radius 1 is 1.25 bits per heavy atom. The van der Waals surface area contributed by atoms with Crippen molar-refractivity contribution in [3.05, 3.63) is 51.7 Å². The van der Waals surface area contributed by atoms with E-state index in [9.17, 15) is 4.79 Å². The van der Waals surface area contributed by atoms with Crippen LogP contribution in [0.15, 0.2) is 41.8 Å². The zero-order chi connectivity index (χ0) is 16.9. The minimum absolute atomic E-state index is 0.0812. The van der Waals surface area contributed by atoms with Crippen molar-refractivity contribution in [1.29, 1.82) is 0 Å². The molecule has 2 heterocycles. The molecule has 0 saturated heterocycles. The number of likely N-dealkylation sites (N-methyl/N-ethyl adjacent to an activating group) is 1. The van der Waals surface area contributed by atoms with E-state index in [1.165, 1.54) is 9.58 Å². The molecule has 1 amide bonds. The first-order valence-electron chi connectivity index (χ1n) is 7.94. The van der Waals surface area contributed by atoms with Gasteiger partial charge in [-0.15, -0.1) is 22.7 Å². The molecule has 3 aromatic rings. The van der Waals surface area contributed by atoms with Crippen molar-refractivity contribution >= 4 is 38.8 Å². The molecule has 0 aliphatic rings. The second-order valence-corrected chi connectivity index (χ2v) is 7.97.